The lowest BCUT2D eigenvalue weighted by molar-refractivity contribution is -0.153. The van der Waals surface area contributed by atoms with E-state index in [1.165, 1.54) is 0 Å². The molecule has 3 aliphatic heterocycles. The fraction of sp³-hybridized carbons (Fsp3) is 0.474. The van der Waals surface area contributed by atoms with Crippen LogP contribution in [0, 0.1) is 17.8 Å². The maximum absolute atomic E-state index is 13.1. The number of carbonyl (C=O) groups is 2. The molecule has 3 aliphatic rings. The Labute approximate surface area is 151 Å². The molecule has 132 valence electrons. The van der Waals surface area contributed by atoms with Crippen LogP contribution in [0.25, 0.3) is 0 Å². The number of carbonyl (C=O) groups excluding carboxylic acids is 2. The van der Waals surface area contributed by atoms with Crippen LogP contribution in [-0.4, -0.2) is 36.7 Å². The molecular weight excluding hydrogens is 342 g/mol. The molecule has 1 spiro atoms. The molecule has 0 N–H and O–H groups in total. The number of hydrogen-bond donors (Lipinski definition) is 0. The summed E-state index contributed by atoms with van der Waals surface area (Å²) >= 11 is 6.06. The zero-order chi connectivity index (χ0) is 17.8. The summed E-state index contributed by atoms with van der Waals surface area (Å²) in [5.74, 6) is -1.34. The Morgan fingerprint density at radius 2 is 2.28 bits per heavy atom. The van der Waals surface area contributed by atoms with Crippen LogP contribution in [0.1, 0.15) is 13.8 Å². The van der Waals surface area contributed by atoms with Gasteiger partial charge in [0.2, 0.25) is 5.91 Å². The number of halogens is 1. The van der Waals surface area contributed by atoms with E-state index in [0.29, 0.717) is 18.2 Å². The molecule has 4 atom stereocenters. The van der Waals surface area contributed by atoms with Gasteiger partial charge in [0.1, 0.15) is 11.5 Å². The highest BCUT2D eigenvalue weighted by molar-refractivity contribution is 6.31. The van der Waals surface area contributed by atoms with Gasteiger partial charge in [0.05, 0.1) is 25.2 Å². The Morgan fingerprint density at radius 3 is 3.00 bits per heavy atom. The van der Waals surface area contributed by atoms with Gasteiger partial charge in [0.15, 0.2) is 0 Å². The topological polar surface area (TPSA) is 55.8 Å². The van der Waals surface area contributed by atoms with Gasteiger partial charge < -0.3 is 14.4 Å². The molecule has 2 fully saturated rings. The summed E-state index contributed by atoms with van der Waals surface area (Å²) in [7, 11) is 0. The van der Waals surface area contributed by atoms with E-state index in [4.69, 9.17) is 21.1 Å². The van der Waals surface area contributed by atoms with Gasteiger partial charge in [-0.15, -0.1) is 0 Å². The molecule has 0 saturated carbocycles. The number of benzene rings is 1. The molecule has 2 bridgehead atoms. The van der Waals surface area contributed by atoms with Gasteiger partial charge in [-0.2, -0.15) is 0 Å². The first-order valence-corrected chi connectivity index (χ1v) is 8.90. The maximum Gasteiger partial charge on any atom is 0.312 e. The second-order valence-electron chi connectivity index (χ2n) is 7.33. The molecule has 0 radical (unpaired) electrons. The van der Waals surface area contributed by atoms with Crippen LogP contribution in [-0.2, 0) is 19.1 Å². The van der Waals surface area contributed by atoms with Crippen LogP contribution in [0.15, 0.2) is 36.4 Å². The Bertz CT molecular complexity index is 762. The van der Waals surface area contributed by atoms with Crippen molar-refractivity contribution in [3.63, 3.8) is 0 Å². The Morgan fingerprint density at radius 1 is 1.48 bits per heavy atom. The molecule has 25 heavy (non-hydrogen) atoms. The standard InChI is InChI=1S/C19H20ClNO4/c1-11(2)9-24-18(23)15-14-6-7-19(25-14)10-21(17(22)16(15)19)13-5-3-4-12(20)8-13/h3-8,11,14-16H,9-10H2,1-2H3/t14-,15-,16+,19-/m1/s1. The predicted octanol–water partition coefficient (Wildman–Crippen LogP) is 2.83. The normalized spacial score (nSPS) is 32.6. The zero-order valence-corrected chi connectivity index (χ0v) is 14.9. The lowest BCUT2D eigenvalue weighted by atomic mass is 9.77. The van der Waals surface area contributed by atoms with Gasteiger partial charge in [-0.25, -0.2) is 0 Å². The highest BCUT2D eigenvalue weighted by atomic mass is 35.5. The van der Waals surface area contributed by atoms with Gasteiger partial charge in [0, 0.05) is 10.7 Å². The summed E-state index contributed by atoms with van der Waals surface area (Å²) in [4.78, 5) is 27.3. The van der Waals surface area contributed by atoms with E-state index in [9.17, 15) is 9.59 Å². The Hall–Kier alpha value is -1.85. The molecular formula is C19H20ClNO4. The summed E-state index contributed by atoms with van der Waals surface area (Å²) in [5.41, 5.74) is -0.0259. The molecule has 2 saturated heterocycles. The third kappa shape index (κ3) is 2.57. The number of anilines is 1. The van der Waals surface area contributed by atoms with Crippen molar-refractivity contribution >= 4 is 29.2 Å². The van der Waals surface area contributed by atoms with Gasteiger partial charge in [-0.05, 0) is 24.1 Å². The van der Waals surface area contributed by atoms with Crippen LogP contribution < -0.4 is 4.90 Å². The fourth-order valence-electron chi connectivity index (χ4n) is 3.97. The summed E-state index contributed by atoms with van der Waals surface area (Å²) in [6.45, 7) is 4.69. The van der Waals surface area contributed by atoms with Crippen LogP contribution in [0.5, 0.6) is 0 Å². The Balaban J connectivity index is 1.62. The van der Waals surface area contributed by atoms with Crippen LogP contribution in [0.2, 0.25) is 5.02 Å². The quantitative estimate of drug-likeness (QED) is 0.611. The summed E-state index contributed by atoms with van der Waals surface area (Å²) in [5, 5.41) is 0.563. The van der Waals surface area contributed by atoms with Crippen molar-refractivity contribution in [2.45, 2.75) is 25.6 Å². The van der Waals surface area contributed by atoms with E-state index in [2.05, 4.69) is 0 Å². The van der Waals surface area contributed by atoms with E-state index in [0.717, 1.165) is 5.69 Å². The fourth-order valence-corrected chi connectivity index (χ4v) is 4.16. The van der Waals surface area contributed by atoms with E-state index >= 15 is 0 Å². The average Bonchev–Trinajstić information content (AvgIpc) is 3.21. The zero-order valence-electron chi connectivity index (χ0n) is 14.1. The number of esters is 1. The van der Waals surface area contributed by atoms with E-state index in [-0.39, 0.29) is 23.9 Å². The van der Waals surface area contributed by atoms with E-state index in [1.54, 1.807) is 23.1 Å². The molecule has 0 aromatic heterocycles. The number of rotatable bonds is 4. The number of hydrogen-bond acceptors (Lipinski definition) is 4. The van der Waals surface area contributed by atoms with Crippen molar-refractivity contribution in [2.75, 3.05) is 18.1 Å². The van der Waals surface area contributed by atoms with Crippen molar-refractivity contribution < 1.29 is 19.1 Å². The van der Waals surface area contributed by atoms with E-state index in [1.807, 2.05) is 32.1 Å². The number of fused-ring (bicyclic) bond motifs is 1. The molecule has 4 rings (SSSR count). The highest BCUT2D eigenvalue weighted by Gasteiger charge is 2.67. The molecule has 5 nitrogen and oxygen atoms in total. The monoisotopic (exact) mass is 361 g/mol. The van der Waals surface area contributed by atoms with Crippen LogP contribution in [0.3, 0.4) is 0 Å². The summed E-state index contributed by atoms with van der Waals surface area (Å²) in [6, 6.07) is 7.15. The predicted molar refractivity (Wildman–Crippen MR) is 93.3 cm³/mol. The van der Waals surface area contributed by atoms with Crippen molar-refractivity contribution in [1.29, 1.82) is 0 Å². The first kappa shape index (κ1) is 16.6. The number of nitrogens with zero attached hydrogens (tertiary/aromatic N) is 1. The lowest BCUT2D eigenvalue weighted by Gasteiger charge is -2.23. The molecule has 3 heterocycles. The smallest absolute Gasteiger partial charge is 0.312 e. The molecule has 1 aromatic carbocycles. The first-order chi connectivity index (χ1) is 11.9. The highest BCUT2D eigenvalue weighted by Crippen LogP contribution is 2.53. The third-order valence-electron chi connectivity index (χ3n) is 5.05. The molecule has 1 amide bonds. The first-order valence-electron chi connectivity index (χ1n) is 8.52. The van der Waals surface area contributed by atoms with Crippen molar-refractivity contribution in [1.82, 2.24) is 0 Å². The molecule has 6 heteroatoms. The Kier molecular flexibility index (Phi) is 3.89. The maximum atomic E-state index is 13.1. The van der Waals surface area contributed by atoms with Crippen molar-refractivity contribution in [3.8, 4) is 0 Å². The van der Waals surface area contributed by atoms with Crippen LogP contribution in [0.4, 0.5) is 5.69 Å². The average molecular weight is 362 g/mol. The molecule has 0 aliphatic carbocycles. The minimum Gasteiger partial charge on any atom is -0.465 e. The second kappa shape index (κ2) is 5.85. The largest absolute Gasteiger partial charge is 0.465 e. The van der Waals surface area contributed by atoms with Crippen molar-refractivity contribution in [3.05, 3.63) is 41.4 Å². The van der Waals surface area contributed by atoms with Gasteiger partial charge >= 0.3 is 5.97 Å². The minimum absolute atomic E-state index is 0.111. The summed E-state index contributed by atoms with van der Waals surface area (Å²) in [6.07, 6.45) is 3.43. The van der Waals surface area contributed by atoms with Gasteiger partial charge in [-0.3, -0.25) is 9.59 Å². The number of ether oxygens (including phenoxy) is 2. The van der Waals surface area contributed by atoms with Crippen molar-refractivity contribution in [2.24, 2.45) is 17.8 Å². The molecule has 1 aromatic rings. The summed E-state index contributed by atoms with van der Waals surface area (Å²) < 4.78 is 11.5. The lowest BCUT2D eigenvalue weighted by Crippen LogP contribution is -2.40. The van der Waals surface area contributed by atoms with Gasteiger partial charge in [0.25, 0.3) is 0 Å². The molecule has 0 unspecified atom stereocenters. The minimum atomic E-state index is -0.744. The van der Waals surface area contributed by atoms with Crippen LogP contribution >= 0.6 is 11.6 Å². The second-order valence-corrected chi connectivity index (χ2v) is 7.76. The SMILES string of the molecule is CC(C)COC(=O)[C@H]1[C@H]2C(=O)N(c3cccc(Cl)c3)C[C@]23C=C[C@H]1O3. The third-order valence-corrected chi connectivity index (χ3v) is 5.29. The number of amides is 1. The van der Waals surface area contributed by atoms with Gasteiger partial charge in [-0.1, -0.05) is 43.7 Å². The van der Waals surface area contributed by atoms with E-state index < -0.39 is 17.4 Å².